The highest BCUT2D eigenvalue weighted by atomic mass is 19.1. The first-order valence-corrected chi connectivity index (χ1v) is 9.13. The van der Waals surface area contributed by atoms with Crippen LogP contribution in [-0.4, -0.2) is 27.6 Å². The molecule has 8 heteroatoms. The fourth-order valence-electron chi connectivity index (χ4n) is 2.83. The Morgan fingerprint density at radius 3 is 2.59 bits per heavy atom. The van der Waals surface area contributed by atoms with Crippen LogP contribution in [0.5, 0.6) is 0 Å². The number of carbonyl (C=O) groups excluding carboxylic acids is 2. The van der Waals surface area contributed by atoms with Gasteiger partial charge in [-0.3, -0.25) is 9.59 Å². The van der Waals surface area contributed by atoms with Gasteiger partial charge in [0.2, 0.25) is 0 Å². The Kier molecular flexibility index (Phi) is 4.84. The monoisotopic (exact) mass is 396 g/mol. The largest absolute Gasteiger partial charge is 0.349 e. The molecule has 0 aliphatic heterocycles. The summed E-state index contributed by atoms with van der Waals surface area (Å²) < 4.78 is 28.2. The fraction of sp³-hybridized carbons (Fsp3) is 0.190. The summed E-state index contributed by atoms with van der Waals surface area (Å²) in [5, 5.41) is 9.64. The first-order chi connectivity index (χ1) is 13.9. The fourth-order valence-corrected chi connectivity index (χ4v) is 2.83. The number of aromatic nitrogens is 2. The molecule has 3 aromatic rings. The molecule has 0 radical (unpaired) electrons. The van der Waals surface area contributed by atoms with Crippen molar-refractivity contribution >= 4 is 17.5 Å². The molecule has 0 spiro atoms. The summed E-state index contributed by atoms with van der Waals surface area (Å²) in [6, 6.07) is 8.42. The highest BCUT2D eigenvalue weighted by Gasteiger charge is 2.24. The standard InChI is InChI=1S/C21H18F2N4O2/c1-12-2-3-13(20(28)25-16-5-6-16)8-18(12)26-21(29)14-10-24-27(11-14)19-7-4-15(22)9-17(19)23/h2-4,7-11,16H,5-6H2,1H3,(H,25,28)(H,26,29). The molecule has 29 heavy (non-hydrogen) atoms. The van der Waals surface area contributed by atoms with Gasteiger partial charge in [-0.1, -0.05) is 6.07 Å². The Balaban J connectivity index is 1.52. The minimum atomic E-state index is -0.787. The smallest absolute Gasteiger partial charge is 0.258 e. The van der Waals surface area contributed by atoms with Crippen molar-refractivity contribution in [2.45, 2.75) is 25.8 Å². The van der Waals surface area contributed by atoms with Crippen LogP contribution in [0.2, 0.25) is 0 Å². The van der Waals surface area contributed by atoms with E-state index in [1.807, 2.05) is 6.92 Å². The molecule has 2 amide bonds. The van der Waals surface area contributed by atoms with Crippen LogP contribution in [0, 0.1) is 18.6 Å². The van der Waals surface area contributed by atoms with E-state index in [1.54, 1.807) is 18.2 Å². The van der Waals surface area contributed by atoms with E-state index in [2.05, 4.69) is 15.7 Å². The van der Waals surface area contributed by atoms with E-state index in [0.717, 1.165) is 35.2 Å². The lowest BCUT2D eigenvalue weighted by atomic mass is 10.1. The maximum Gasteiger partial charge on any atom is 0.258 e. The van der Waals surface area contributed by atoms with Gasteiger partial charge in [-0.25, -0.2) is 13.5 Å². The number of anilines is 1. The Labute approximate surface area is 165 Å². The molecule has 1 heterocycles. The van der Waals surface area contributed by atoms with Crippen LogP contribution < -0.4 is 10.6 Å². The maximum absolute atomic E-state index is 13.9. The minimum Gasteiger partial charge on any atom is -0.349 e. The third-order valence-electron chi connectivity index (χ3n) is 4.66. The molecule has 0 unspecified atom stereocenters. The molecular formula is C21H18F2N4O2. The summed E-state index contributed by atoms with van der Waals surface area (Å²) in [6.07, 6.45) is 4.61. The average molecular weight is 396 g/mol. The number of hydrogen-bond donors (Lipinski definition) is 2. The molecular weight excluding hydrogens is 378 g/mol. The predicted octanol–water partition coefficient (Wildman–Crippen LogP) is 3.60. The Hall–Kier alpha value is -3.55. The number of benzene rings is 2. The van der Waals surface area contributed by atoms with Crippen LogP contribution in [0.4, 0.5) is 14.5 Å². The van der Waals surface area contributed by atoms with Crippen molar-refractivity contribution < 1.29 is 18.4 Å². The molecule has 0 bridgehead atoms. The van der Waals surface area contributed by atoms with Crippen molar-refractivity contribution in [3.63, 3.8) is 0 Å². The van der Waals surface area contributed by atoms with Crippen molar-refractivity contribution in [2.75, 3.05) is 5.32 Å². The molecule has 6 nitrogen and oxygen atoms in total. The van der Waals surface area contributed by atoms with Crippen molar-refractivity contribution in [3.8, 4) is 5.69 Å². The zero-order valence-electron chi connectivity index (χ0n) is 15.6. The van der Waals surface area contributed by atoms with Gasteiger partial charge in [0.1, 0.15) is 11.5 Å². The van der Waals surface area contributed by atoms with Gasteiger partial charge in [0.15, 0.2) is 5.82 Å². The van der Waals surface area contributed by atoms with Crippen molar-refractivity contribution in [1.29, 1.82) is 0 Å². The number of rotatable bonds is 5. The van der Waals surface area contributed by atoms with Crippen LogP contribution in [-0.2, 0) is 0 Å². The minimum absolute atomic E-state index is 0.0281. The van der Waals surface area contributed by atoms with E-state index in [-0.39, 0.29) is 23.2 Å². The summed E-state index contributed by atoms with van der Waals surface area (Å²) >= 11 is 0. The summed E-state index contributed by atoms with van der Waals surface area (Å²) in [5.74, 6) is -2.12. The van der Waals surface area contributed by atoms with Gasteiger partial charge < -0.3 is 10.6 Å². The SMILES string of the molecule is Cc1ccc(C(=O)NC2CC2)cc1NC(=O)c1cnn(-c2ccc(F)cc2F)c1. The highest BCUT2D eigenvalue weighted by molar-refractivity contribution is 6.05. The summed E-state index contributed by atoms with van der Waals surface area (Å²) in [4.78, 5) is 24.8. The molecule has 2 aromatic carbocycles. The van der Waals surface area contributed by atoms with Gasteiger partial charge >= 0.3 is 0 Å². The number of amides is 2. The van der Waals surface area contributed by atoms with Crippen molar-refractivity contribution in [1.82, 2.24) is 15.1 Å². The number of nitrogens with one attached hydrogen (secondary N) is 2. The molecule has 1 aliphatic rings. The van der Waals surface area contributed by atoms with E-state index >= 15 is 0 Å². The van der Waals surface area contributed by atoms with E-state index in [1.165, 1.54) is 18.5 Å². The molecule has 1 aliphatic carbocycles. The maximum atomic E-state index is 13.9. The third kappa shape index (κ3) is 4.16. The lowest BCUT2D eigenvalue weighted by molar-refractivity contribution is 0.0949. The summed E-state index contributed by atoms with van der Waals surface area (Å²) in [7, 11) is 0. The molecule has 4 rings (SSSR count). The highest BCUT2D eigenvalue weighted by Crippen LogP contribution is 2.22. The van der Waals surface area contributed by atoms with E-state index in [0.29, 0.717) is 11.3 Å². The van der Waals surface area contributed by atoms with E-state index in [4.69, 9.17) is 0 Å². The Morgan fingerprint density at radius 2 is 1.86 bits per heavy atom. The van der Waals surface area contributed by atoms with Gasteiger partial charge in [0.25, 0.3) is 11.8 Å². The number of hydrogen-bond acceptors (Lipinski definition) is 3. The molecule has 1 aromatic heterocycles. The topological polar surface area (TPSA) is 76.0 Å². The Bertz CT molecular complexity index is 1110. The zero-order valence-corrected chi connectivity index (χ0v) is 15.6. The quantitative estimate of drug-likeness (QED) is 0.692. The Morgan fingerprint density at radius 1 is 1.07 bits per heavy atom. The van der Waals surface area contributed by atoms with Crippen LogP contribution in [0.25, 0.3) is 5.69 Å². The van der Waals surface area contributed by atoms with Gasteiger partial charge in [0.05, 0.1) is 11.8 Å². The number of aryl methyl sites for hydroxylation is 1. The summed E-state index contributed by atoms with van der Waals surface area (Å²) in [6.45, 7) is 1.81. The second kappa shape index (κ2) is 7.46. The average Bonchev–Trinajstić information content (AvgIpc) is 3.35. The van der Waals surface area contributed by atoms with Gasteiger partial charge in [-0.15, -0.1) is 0 Å². The second-order valence-corrected chi connectivity index (χ2v) is 7.00. The van der Waals surface area contributed by atoms with E-state index in [9.17, 15) is 18.4 Å². The normalized spacial score (nSPS) is 13.2. The number of halogens is 2. The number of nitrogens with zero attached hydrogens (tertiary/aromatic N) is 2. The molecule has 0 saturated heterocycles. The second-order valence-electron chi connectivity index (χ2n) is 7.00. The summed E-state index contributed by atoms with van der Waals surface area (Å²) in [5.41, 5.74) is 1.97. The molecule has 1 fully saturated rings. The van der Waals surface area contributed by atoms with Crippen LogP contribution in [0.3, 0.4) is 0 Å². The van der Waals surface area contributed by atoms with Crippen molar-refractivity contribution in [2.24, 2.45) is 0 Å². The lowest BCUT2D eigenvalue weighted by Gasteiger charge is -2.10. The molecule has 0 atom stereocenters. The van der Waals surface area contributed by atoms with Gasteiger partial charge in [-0.2, -0.15) is 5.10 Å². The van der Waals surface area contributed by atoms with Gasteiger partial charge in [0, 0.05) is 29.6 Å². The first kappa shape index (κ1) is 18.8. The zero-order chi connectivity index (χ0) is 20.5. The van der Waals surface area contributed by atoms with E-state index < -0.39 is 17.5 Å². The molecule has 2 N–H and O–H groups in total. The number of carbonyl (C=O) groups is 2. The first-order valence-electron chi connectivity index (χ1n) is 9.13. The van der Waals surface area contributed by atoms with Gasteiger partial charge in [-0.05, 0) is 49.6 Å². The van der Waals surface area contributed by atoms with Crippen LogP contribution in [0.15, 0.2) is 48.8 Å². The predicted molar refractivity (Wildman–Crippen MR) is 103 cm³/mol. The third-order valence-corrected chi connectivity index (χ3v) is 4.66. The lowest BCUT2D eigenvalue weighted by Crippen LogP contribution is -2.25. The van der Waals surface area contributed by atoms with Crippen LogP contribution >= 0.6 is 0 Å². The molecule has 148 valence electrons. The molecule has 1 saturated carbocycles. The van der Waals surface area contributed by atoms with Crippen LogP contribution in [0.1, 0.15) is 39.1 Å². The van der Waals surface area contributed by atoms with Crippen molar-refractivity contribution in [3.05, 3.63) is 77.1 Å².